The van der Waals surface area contributed by atoms with E-state index in [2.05, 4.69) is 44.9 Å². The lowest BCUT2D eigenvalue weighted by molar-refractivity contribution is 0.0364. The summed E-state index contributed by atoms with van der Waals surface area (Å²) in [4.78, 5) is 4.46. The second kappa shape index (κ2) is 4.74. The SMILES string of the molecule is CCOC1=N[C@H]2[C@@H](O1)[C@H]1O[C@@H]2C=C1O[Si](C)(C)C(C)(C)C. The molecule has 6 heteroatoms. The maximum atomic E-state index is 6.40. The quantitative estimate of drug-likeness (QED) is 0.752. The van der Waals surface area contributed by atoms with Crippen molar-refractivity contribution in [1.82, 2.24) is 0 Å². The fraction of sp³-hybridized carbons (Fsp3) is 0.800. The number of hydrogen-bond donors (Lipinski definition) is 0. The summed E-state index contributed by atoms with van der Waals surface area (Å²) in [5.74, 6) is 0.931. The third-order valence-electron chi connectivity index (χ3n) is 4.82. The van der Waals surface area contributed by atoms with E-state index < -0.39 is 8.32 Å². The Bertz CT molecular complexity index is 494. The molecular formula is C15H25NO4Si. The molecule has 3 rings (SSSR count). The van der Waals surface area contributed by atoms with Crippen LogP contribution in [-0.2, 0) is 18.6 Å². The Hall–Kier alpha value is -1.01. The molecule has 0 radical (unpaired) electrons. The van der Waals surface area contributed by atoms with Gasteiger partial charge in [-0.3, -0.25) is 0 Å². The van der Waals surface area contributed by atoms with Gasteiger partial charge in [-0.1, -0.05) is 20.8 Å². The van der Waals surface area contributed by atoms with E-state index in [0.29, 0.717) is 12.7 Å². The second-order valence-corrected chi connectivity index (χ2v) is 12.1. The number of nitrogens with zero attached hydrogens (tertiary/aromatic N) is 1. The molecule has 5 nitrogen and oxygen atoms in total. The topological polar surface area (TPSA) is 49.3 Å². The molecule has 0 amide bonds. The third-order valence-corrected chi connectivity index (χ3v) is 9.18. The number of ether oxygens (including phenoxy) is 3. The van der Waals surface area contributed by atoms with Crippen LogP contribution in [0.4, 0.5) is 0 Å². The minimum atomic E-state index is -1.86. The van der Waals surface area contributed by atoms with Gasteiger partial charge in [0, 0.05) is 0 Å². The van der Waals surface area contributed by atoms with Gasteiger partial charge in [-0.2, -0.15) is 0 Å². The highest BCUT2D eigenvalue weighted by Gasteiger charge is 2.57. The van der Waals surface area contributed by atoms with E-state index in [1.54, 1.807) is 0 Å². The molecular weight excluding hydrogens is 286 g/mol. The smallest absolute Gasteiger partial charge is 0.384 e. The lowest BCUT2D eigenvalue weighted by atomic mass is 9.98. The fourth-order valence-corrected chi connectivity index (χ4v) is 3.68. The van der Waals surface area contributed by atoms with E-state index in [9.17, 15) is 0 Å². The van der Waals surface area contributed by atoms with Crippen molar-refractivity contribution in [2.24, 2.45) is 4.99 Å². The molecule has 0 aromatic rings. The van der Waals surface area contributed by atoms with Gasteiger partial charge in [0.1, 0.15) is 17.9 Å². The van der Waals surface area contributed by atoms with Gasteiger partial charge < -0.3 is 18.6 Å². The molecule has 21 heavy (non-hydrogen) atoms. The predicted molar refractivity (Wildman–Crippen MR) is 82.7 cm³/mol. The summed E-state index contributed by atoms with van der Waals surface area (Å²) in [6, 6.07) is 0.0170. The zero-order valence-corrected chi connectivity index (χ0v) is 14.7. The van der Waals surface area contributed by atoms with Crippen LogP contribution in [-0.4, -0.2) is 45.4 Å². The van der Waals surface area contributed by atoms with Crippen LogP contribution in [0, 0.1) is 0 Å². The molecule has 0 aliphatic carbocycles. The lowest BCUT2D eigenvalue weighted by Crippen LogP contribution is -2.44. The molecule has 0 N–H and O–H groups in total. The summed E-state index contributed by atoms with van der Waals surface area (Å²) < 4.78 is 23.5. The van der Waals surface area contributed by atoms with E-state index >= 15 is 0 Å². The first-order valence-electron chi connectivity index (χ1n) is 7.66. The number of fused-ring (bicyclic) bond motifs is 5. The van der Waals surface area contributed by atoms with Gasteiger partial charge in [-0.05, 0) is 31.1 Å². The van der Waals surface area contributed by atoms with E-state index in [4.69, 9.17) is 18.6 Å². The predicted octanol–water partition coefficient (Wildman–Crippen LogP) is 2.83. The van der Waals surface area contributed by atoms with Crippen LogP contribution >= 0.6 is 0 Å². The number of hydrogen-bond acceptors (Lipinski definition) is 5. The van der Waals surface area contributed by atoms with Gasteiger partial charge in [0.05, 0.1) is 6.61 Å². The highest BCUT2D eigenvalue weighted by atomic mass is 28.4. The molecule has 0 aromatic heterocycles. The van der Waals surface area contributed by atoms with Crippen LogP contribution in [0.15, 0.2) is 16.8 Å². The number of aliphatic imine (C=N–C) groups is 1. The van der Waals surface area contributed by atoms with Gasteiger partial charge in [0.25, 0.3) is 0 Å². The summed E-state index contributed by atoms with van der Waals surface area (Å²) in [6.45, 7) is 13.7. The second-order valence-electron chi connectivity index (χ2n) is 7.35. The Morgan fingerprint density at radius 2 is 2.05 bits per heavy atom. The first-order chi connectivity index (χ1) is 9.73. The molecule has 4 atom stereocenters. The molecule has 3 aliphatic heterocycles. The molecule has 1 saturated heterocycles. The van der Waals surface area contributed by atoms with Crippen molar-refractivity contribution in [3.63, 3.8) is 0 Å². The summed E-state index contributed by atoms with van der Waals surface area (Å²) in [7, 11) is -1.86. The van der Waals surface area contributed by atoms with Gasteiger partial charge in [-0.15, -0.1) is 0 Å². The van der Waals surface area contributed by atoms with Crippen molar-refractivity contribution < 1.29 is 18.6 Å². The Labute approximate surface area is 127 Å². The van der Waals surface area contributed by atoms with Gasteiger partial charge >= 0.3 is 6.08 Å². The fourth-order valence-electron chi connectivity index (χ4n) is 2.60. The number of rotatable bonds is 3. The average molecular weight is 311 g/mol. The first kappa shape index (κ1) is 14.9. The van der Waals surface area contributed by atoms with Gasteiger partial charge in [0.15, 0.2) is 12.2 Å². The Morgan fingerprint density at radius 3 is 2.67 bits per heavy atom. The van der Waals surface area contributed by atoms with Gasteiger partial charge in [-0.25, -0.2) is 4.99 Å². The van der Waals surface area contributed by atoms with Crippen molar-refractivity contribution in [2.75, 3.05) is 6.61 Å². The standard InChI is InChI=1S/C15H25NO4Si/c1-7-17-14-16-11-9-8-10(12(18-9)13(11)19-14)20-21(5,6)15(2,3)4/h8-9,11-13H,7H2,1-6H3/t9-,11-,12+,13-/m1/s1. The summed E-state index contributed by atoms with van der Waals surface area (Å²) in [5.41, 5.74) is 0. The summed E-state index contributed by atoms with van der Waals surface area (Å²) in [5, 5.41) is 0.165. The Kier molecular flexibility index (Phi) is 3.37. The monoisotopic (exact) mass is 311 g/mol. The van der Waals surface area contributed by atoms with Crippen LogP contribution in [0.25, 0.3) is 0 Å². The maximum absolute atomic E-state index is 6.40. The Balaban J connectivity index is 1.72. The molecule has 2 bridgehead atoms. The zero-order valence-electron chi connectivity index (χ0n) is 13.7. The van der Waals surface area contributed by atoms with E-state index in [1.165, 1.54) is 0 Å². The molecule has 0 spiro atoms. The molecule has 1 fully saturated rings. The van der Waals surface area contributed by atoms with Crippen molar-refractivity contribution >= 4 is 14.4 Å². The average Bonchev–Trinajstić information content (AvgIpc) is 2.97. The lowest BCUT2D eigenvalue weighted by Gasteiger charge is -2.38. The van der Waals surface area contributed by atoms with E-state index in [-0.39, 0.29) is 29.4 Å². The van der Waals surface area contributed by atoms with Crippen molar-refractivity contribution in [3.05, 3.63) is 11.8 Å². The van der Waals surface area contributed by atoms with Crippen LogP contribution in [0.3, 0.4) is 0 Å². The zero-order chi connectivity index (χ0) is 15.4. The highest BCUT2D eigenvalue weighted by molar-refractivity contribution is 6.74. The van der Waals surface area contributed by atoms with Crippen LogP contribution < -0.4 is 0 Å². The summed E-state index contributed by atoms with van der Waals surface area (Å²) >= 11 is 0. The largest absolute Gasteiger partial charge is 0.545 e. The molecule has 3 aliphatic rings. The van der Waals surface area contributed by atoms with Gasteiger partial charge in [0.2, 0.25) is 8.32 Å². The van der Waals surface area contributed by atoms with Crippen molar-refractivity contribution in [3.8, 4) is 0 Å². The molecule has 3 heterocycles. The molecule has 118 valence electrons. The van der Waals surface area contributed by atoms with Crippen molar-refractivity contribution in [1.29, 1.82) is 0 Å². The minimum Gasteiger partial charge on any atom is -0.545 e. The van der Waals surface area contributed by atoms with Crippen LogP contribution in [0.1, 0.15) is 27.7 Å². The normalized spacial score (nSPS) is 34.2. The van der Waals surface area contributed by atoms with Crippen molar-refractivity contribution in [2.45, 2.75) is 70.2 Å². The Morgan fingerprint density at radius 1 is 1.33 bits per heavy atom. The highest BCUT2D eigenvalue weighted by Crippen LogP contribution is 2.45. The third kappa shape index (κ3) is 2.38. The molecule has 0 unspecified atom stereocenters. The molecule has 0 saturated carbocycles. The first-order valence-corrected chi connectivity index (χ1v) is 10.6. The molecule has 0 aromatic carbocycles. The maximum Gasteiger partial charge on any atom is 0.384 e. The van der Waals surface area contributed by atoms with Crippen LogP contribution in [0.2, 0.25) is 18.1 Å². The van der Waals surface area contributed by atoms with Crippen LogP contribution in [0.5, 0.6) is 0 Å². The van der Waals surface area contributed by atoms with E-state index in [0.717, 1.165) is 5.76 Å². The van der Waals surface area contributed by atoms with E-state index in [1.807, 2.05) is 6.92 Å². The minimum absolute atomic E-state index is 0.0170. The summed E-state index contributed by atoms with van der Waals surface area (Å²) in [6.07, 6.45) is 2.19.